The molecule has 3 aromatic carbocycles. The van der Waals surface area contributed by atoms with Gasteiger partial charge < -0.3 is 14.6 Å². The third kappa shape index (κ3) is 5.51. The summed E-state index contributed by atoms with van der Waals surface area (Å²) in [7, 11) is 0. The molecule has 166 valence electrons. The molecule has 7 nitrogen and oxygen atoms in total. The molecule has 7 heteroatoms. The lowest BCUT2D eigenvalue weighted by Crippen LogP contribution is -2.35. The zero-order valence-corrected chi connectivity index (χ0v) is 18.2. The Morgan fingerprint density at radius 1 is 0.909 bits per heavy atom. The van der Waals surface area contributed by atoms with Crippen LogP contribution in [0.25, 0.3) is 10.9 Å². The molecular formula is C26H23N3O4. The molecule has 0 unspecified atom stereocenters. The number of aromatic nitrogens is 2. The minimum Gasteiger partial charge on any atom is -0.484 e. The summed E-state index contributed by atoms with van der Waals surface area (Å²) in [4.78, 5) is 45.8. The first-order chi connectivity index (χ1) is 16.0. The molecule has 1 amide bonds. The third-order valence-corrected chi connectivity index (χ3v) is 5.19. The number of benzene rings is 3. The summed E-state index contributed by atoms with van der Waals surface area (Å²) in [5, 5.41) is 0.500. The Morgan fingerprint density at radius 3 is 2.33 bits per heavy atom. The highest BCUT2D eigenvalue weighted by atomic mass is 16.5. The van der Waals surface area contributed by atoms with Gasteiger partial charge in [-0.2, -0.15) is 0 Å². The van der Waals surface area contributed by atoms with Crippen molar-refractivity contribution in [1.29, 1.82) is 0 Å². The number of hydrogen-bond donors (Lipinski definition) is 1. The number of ketones is 1. The Morgan fingerprint density at radius 2 is 1.61 bits per heavy atom. The first kappa shape index (κ1) is 22.0. The molecule has 1 heterocycles. The van der Waals surface area contributed by atoms with Gasteiger partial charge in [-0.05, 0) is 48.9 Å². The Hall–Kier alpha value is -4.26. The van der Waals surface area contributed by atoms with Crippen molar-refractivity contribution in [3.05, 3.63) is 106 Å². The molecule has 0 radical (unpaired) electrons. The van der Waals surface area contributed by atoms with Crippen LogP contribution in [0.4, 0.5) is 0 Å². The molecule has 4 aromatic rings. The quantitative estimate of drug-likeness (QED) is 0.421. The maximum atomic E-state index is 13.1. The van der Waals surface area contributed by atoms with Gasteiger partial charge in [0.25, 0.3) is 11.5 Å². The number of ether oxygens (including phenoxy) is 1. The van der Waals surface area contributed by atoms with Crippen LogP contribution in [-0.4, -0.2) is 33.2 Å². The molecule has 4 rings (SSSR count). The predicted octanol–water partition coefficient (Wildman–Crippen LogP) is 3.73. The molecule has 0 spiro atoms. The van der Waals surface area contributed by atoms with Crippen LogP contribution in [-0.2, 0) is 17.9 Å². The van der Waals surface area contributed by atoms with Crippen molar-refractivity contribution in [2.45, 2.75) is 20.0 Å². The molecule has 1 aromatic heterocycles. The number of hydrogen-bond acceptors (Lipinski definition) is 5. The van der Waals surface area contributed by atoms with Crippen LogP contribution in [0.15, 0.2) is 83.7 Å². The molecule has 1 N–H and O–H groups in total. The monoisotopic (exact) mass is 441 g/mol. The SMILES string of the molecule is CC(=O)c1ccc(OCC(=O)N(Cc2ccccc2)Cc2nc3ccccc3c(=O)[nH]2)cc1. The van der Waals surface area contributed by atoms with Crippen molar-refractivity contribution < 1.29 is 14.3 Å². The van der Waals surface area contributed by atoms with E-state index < -0.39 is 0 Å². The zero-order valence-electron chi connectivity index (χ0n) is 18.2. The van der Waals surface area contributed by atoms with Gasteiger partial charge in [-0.3, -0.25) is 14.4 Å². The summed E-state index contributed by atoms with van der Waals surface area (Å²) >= 11 is 0. The van der Waals surface area contributed by atoms with Crippen LogP contribution in [0.2, 0.25) is 0 Å². The van der Waals surface area contributed by atoms with Crippen molar-refractivity contribution in [3.63, 3.8) is 0 Å². The van der Waals surface area contributed by atoms with Crippen molar-refractivity contribution in [2.24, 2.45) is 0 Å². The fourth-order valence-corrected chi connectivity index (χ4v) is 3.45. The van der Waals surface area contributed by atoms with Crippen LogP contribution in [0, 0.1) is 0 Å². The van der Waals surface area contributed by atoms with E-state index in [1.807, 2.05) is 36.4 Å². The standard InChI is InChI=1S/C26H23N3O4/c1-18(30)20-11-13-21(14-12-20)33-17-25(31)29(15-19-7-3-2-4-8-19)16-24-27-23-10-6-5-9-22(23)26(32)28-24/h2-14H,15-17H2,1H3,(H,27,28,32). The number of carbonyl (C=O) groups is 2. The number of aromatic amines is 1. The van der Waals surface area contributed by atoms with Gasteiger partial charge in [0, 0.05) is 12.1 Å². The van der Waals surface area contributed by atoms with Gasteiger partial charge in [-0.1, -0.05) is 42.5 Å². The van der Waals surface area contributed by atoms with E-state index in [9.17, 15) is 14.4 Å². The number of carbonyl (C=O) groups excluding carboxylic acids is 2. The number of nitrogens with zero attached hydrogens (tertiary/aromatic N) is 2. The van der Waals surface area contributed by atoms with E-state index in [0.29, 0.717) is 34.6 Å². The van der Waals surface area contributed by atoms with Crippen molar-refractivity contribution in [3.8, 4) is 5.75 Å². The summed E-state index contributed by atoms with van der Waals surface area (Å²) in [6.07, 6.45) is 0. The van der Waals surface area contributed by atoms with Gasteiger partial charge in [0.2, 0.25) is 0 Å². The molecule has 0 aliphatic heterocycles. The molecule has 0 aliphatic carbocycles. The van der Waals surface area contributed by atoms with E-state index in [4.69, 9.17) is 4.74 Å². The molecule has 0 saturated heterocycles. The summed E-state index contributed by atoms with van der Waals surface area (Å²) in [6.45, 7) is 1.76. The van der Waals surface area contributed by atoms with Crippen molar-refractivity contribution in [2.75, 3.05) is 6.61 Å². The highest BCUT2D eigenvalue weighted by Crippen LogP contribution is 2.14. The highest BCUT2D eigenvalue weighted by molar-refractivity contribution is 5.94. The van der Waals surface area contributed by atoms with Gasteiger partial charge in [0.1, 0.15) is 11.6 Å². The molecule has 0 atom stereocenters. The summed E-state index contributed by atoms with van der Waals surface area (Å²) in [6, 6.07) is 23.3. The minimum absolute atomic E-state index is 0.0384. The largest absolute Gasteiger partial charge is 0.484 e. The average molecular weight is 441 g/mol. The topological polar surface area (TPSA) is 92.4 Å². The van der Waals surface area contributed by atoms with Crippen LogP contribution in [0.3, 0.4) is 0 Å². The van der Waals surface area contributed by atoms with Crippen LogP contribution in [0.5, 0.6) is 5.75 Å². The van der Waals surface area contributed by atoms with Gasteiger partial charge in [-0.25, -0.2) is 4.98 Å². The van der Waals surface area contributed by atoms with E-state index in [1.54, 1.807) is 47.4 Å². The first-order valence-electron chi connectivity index (χ1n) is 10.5. The van der Waals surface area contributed by atoms with Gasteiger partial charge >= 0.3 is 0 Å². The molecule has 33 heavy (non-hydrogen) atoms. The van der Waals surface area contributed by atoms with Crippen LogP contribution in [0.1, 0.15) is 28.7 Å². The fraction of sp³-hybridized carbons (Fsp3) is 0.154. The maximum absolute atomic E-state index is 13.1. The summed E-state index contributed by atoms with van der Waals surface area (Å²) < 4.78 is 5.66. The Kier molecular flexibility index (Phi) is 6.59. The fourth-order valence-electron chi connectivity index (χ4n) is 3.45. The number of amides is 1. The second-order valence-electron chi connectivity index (χ2n) is 7.63. The highest BCUT2D eigenvalue weighted by Gasteiger charge is 2.17. The predicted molar refractivity (Wildman–Crippen MR) is 125 cm³/mol. The second kappa shape index (κ2) is 9.91. The lowest BCUT2D eigenvalue weighted by Gasteiger charge is -2.22. The Labute approximate surface area is 190 Å². The minimum atomic E-state index is -0.259. The number of rotatable bonds is 8. The molecular weight excluding hydrogens is 418 g/mol. The molecule has 0 fully saturated rings. The van der Waals surface area contributed by atoms with E-state index in [-0.39, 0.29) is 30.4 Å². The van der Waals surface area contributed by atoms with Crippen LogP contribution >= 0.6 is 0 Å². The van der Waals surface area contributed by atoms with Gasteiger partial charge in [0.15, 0.2) is 12.4 Å². The van der Waals surface area contributed by atoms with Gasteiger partial charge in [0.05, 0.1) is 17.4 Å². The molecule has 0 aliphatic rings. The summed E-state index contributed by atoms with van der Waals surface area (Å²) in [5.74, 6) is 0.591. The lowest BCUT2D eigenvalue weighted by atomic mass is 10.1. The van der Waals surface area contributed by atoms with E-state index in [2.05, 4.69) is 9.97 Å². The second-order valence-corrected chi connectivity index (χ2v) is 7.63. The molecule has 0 bridgehead atoms. The Balaban J connectivity index is 1.53. The number of H-pyrrole nitrogens is 1. The molecule has 0 saturated carbocycles. The third-order valence-electron chi connectivity index (χ3n) is 5.19. The number of nitrogens with one attached hydrogen (secondary N) is 1. The van der Waals surface area contributed by atoms with E-state index in [0.717, 1.165) is 5.56 Å². The van der Waals surface area contributed by atoms with Crippen LogP contribution < -0.4 is 10.3 Å². The number of fused-ring (bicyclic) bond motifs is 1. The normalized spacial score (nSPS) is 10.7. The smallest absolute Gasteiger partial charge is 0.261 e. The zero-order chi connectivity index (χ0) is 23.2. The maximum Gasteiger partial charge on any atom is 0.261 e. The van der Waals surface area contributed by atoms with Gasteiger partial charge in [-0.15, -0.1) is 0 Å². The first-order valence-corrected chi connectivity index (χ1v) is 10.5. The van der Waals surface area contributed by atoms with E-state index in [1.165, 1.54) is 6.92 Å². The van der Waals surface area contributed by atoms with E-state index >= 15 is 0 Å². The van der Waals surface area contributed by atoms with Crippen molar-refractivity contribution >= 4 is 22.6 Å². The average Bonchev–Trinajstić information content (AvgIpc) is 2.83. The number of para-hydroxylation sites is 1. The Bertz CT molecular complexity index is 1330. The number of Topliss-reactive ketones (excluding diaryl/α,β-unsaturated/α-hetero) is 1. The van der Waals surface area contributed by atoms with Crippen molar-refractivity contribution in [1.82, 2.24) is 14.9 Å². The summed E-state index contributed by atoms with van der Waals surface area (Å²) in [5.41, 5.74) is 1.85. The lowest BCUT2D eigenvalue weighted by molar-refractivity contribution is -0.134.